The van der Waals surface area contributed by atoms with Gasteiger partial charge in [0.25, 0.3) is 0 Å². The Labute approximate surface area is 47.2 Å². The summed E-state index contributed by atoms with van der Waals surface area (Å²) in [5.41, 5.74) is 0. The molecule has 0 N–H and O–H groups in total. The van der Waals surface area contributed by atoms with Gasteiger partial charge in [-0.3, -0.25) is 0 Å². The zero-order valence-corrected chi connectivity index (χ0v) is 4.77. The van der Waals surface area contributed by atoms with Crippen molar-refractivity contribution in [2.45, 2.75) is 13.0 Å². The highest BCUT2D eigenvalue weighted by Crippen LogP contribution is 1.88. The van der Waals surface area contributed by atoms with Gasteiger partial charge in [-0.15, -0.1) is 11.6 Å². The Balaban J connectivity index is 3.35. The zero-order chi connectivity index (χ0) is 5.70. The topological polar surface area (TPSA) is 29.4 Å². The molecule has 0 saturated heterocycles. The average Bonchev–Trinajstić information content (AvgIpc) is 1.68. The largest absolute Gasteiger partial charge is 0.235 e. The van der Waals surface area contributed by atoms with Crippen LogP contribution in [0.4, 0.5) is 0 Å². The minimum atomic E-state index is -0.0841. The quantitative estimate of drug-likeness (QED) is 0.302. The number of isocyanates is 1. The highest BCUT2D eigenvalue weighted by Gasteiger charge is 1.90. The lowest BCUT2D eigenvalue weighted by Crippen LogP contribution is -1.96. The van der Waals surface area contributed by atoms with E-state index in [1.165, 1.54) is 6.08 Å². The molecule has 40 valence electrons. The van der Waals surface area contributed by atoms with Crippen molar-refractivity contribution in [1.29, 1.82) is 0 Å². The molecule has 0 radical (unpaired) electrons. The molecule has 0 saturated carbocycles. The van der Waals surface area contributed by atoms with Crippen molar-refractivity contribution in [2.24, 2.45) is 4.99 Å². The lowest BCUT2D eigenvalue weighted by Gasteiger charge is -1.89. The van der Waals surface area contributed by atoms with Crippen LogP contribution in [0.5, 0.6) is 0 Å². The first-order chi connectivity index (χ1) is 3.31. The van der Waals surface area contributed by atoms with Crippen molar-refractivity contribution < 1.29 is 4.79 Å². The van der Waals surface area contributed by atoms with E-state index in [0.717, 1.165) is 0 Å². The molecule has 0 aliphatic rings. The fourth-order valence-electron chi connectivity index (χ4n) is 0.124. The molecule has 0 aromatic carbocycles. The summed E-state index contributed by atoms with van der Waals surface area (Å²) in [6.45, 7) is 1.75. The van der Waals surface area contributed by atoms with Gasteiger partial charge in [-0.2, -0.15) is 0 Å². The first-order valence-corrected chi connectivity index (χ1v) is 2.47. The van der Waals surface area contributed by atoms with Gasteiger partial charge in [0.15, 0.2) is 0 Å². The standard InChI is InChI=1S/C4H6ClNO/c1-4(2-5)6-3-7/h4H,2H2,1H3. The van der Waals surface area contributed by atoms with Crippen molar-refractivity contribution in [2.75, 3.05) is 5.88 Å². The van der Waals surface area contributed by atoms with Crippen molar-refractivity contribution in [3.63, 3.8) is 0 Å². The van der Waals surface area contributed by atoms with Gasteiger partial charge in [-0.1, -0.05) is 0 Å². The van der Waals surface area contributed by atoms with Gasteiger partial charge in [0.2, 0.25) is 6.08 Å². The molecule has 0 aliphatic heterocycles. The van der Waals surface area contributed by atoms with E-state index >= 15 is 0 Å². The molecule has 0 bridgehead atoms. The summed E-state index contributed by atoms with van der Waals surface area (Å²) < 4.78 is 0. The van der Waals surface area contributed by atoms with E-state index < -0.39 is 0 Å². The molecule has 1 atom stereocenters. The monoisotopic (exact) mass is 119 g/mol. The van der Waals surface area contributed by atoms with Crippen LogP contribution in [0, 0.1) is 0 Å². The summed E-state index contributed by atoms with van der Waals surface area (Å²) in [4.78, 5) is 12.7. The molecule has 0 spiro atoms. The van der Waals surface area contributed by atoms with Gasteiger partial charge in [-0.05, 0) is 6.92 Å². The Morgan fingerprint density at radius 2 is 2.57 bits per heavy atom. The van der Waals surface area contributed by atoms with Crippen LogP contribution in [0.15, 0.2) is 4.99 Å². The summed E-state index contributed by atoms with van der Waals surface area (Å²) >= 11 is 5.26. The fourth-order valence-corrected chi connectivity index (χ4v) is 0.193. The third kappa shape index (κ3) is 3.50. The van der Waals surface area contributed by atoms with Gasteiger partial charge in [0.1, 0.15) is 0 Å². The molecule has 0 rings (SSSR count). The number of halogens is 1. The number of aliphatic imine (C=N–C) groups is 1. The van der Waals surface area contributed by atoms with E-state index in [-0.39, 0.29) is 6.04 Å². The summed E-state index contributed by atoms with van der Waals surface area (Å²) in [6, 6.07) is -0.0841. The molecular weight excluding hydrogens is 114 g/mol. The second-order valence-corrected chi connectivity index (χ2v) is 1.53. The normalized spacial score (nSPS) is 12.3. The molecule has 1 unspecified atom stereocenters. The number of carbonyl (C=O) groups excluding carboxylic acids is 1. The lowest BCUT2D eigenvalue weighted by atomic mass is 10.4. The second-order valence-electron chi connectivity index (χ2n) is 1.22. The number of nitrogens with zero attached hydrogens (tertiary/aromatic N) is 1. The Bertz CT molecular complexity index is 87.7. The summed E-state index contributed by atoms with van der Waals surface area (Å²) in [5, 5.41) is 0. The predicted molar refractivity (Wildman–Crippen MR) is 28.3 cm³/mol. The van der Waals surface area contributed by atoms with E-state index in [2.05, 4.69) is 4.99 Å². The number of hydrogen-bond acceptors (Lipinski definition) is 2. The minimum Gasteiger partial charge on any atom is -0.211 e. The van der Waals surface area contributed by atoms with Crippen molar-refractivity contribution in [3.05, 3.63) is 0 Å². The van der Waals surface area contributed by atoms with Crippen molar-refractivity contribution >= 4 is 17.7 Å². The molecule has 0 fully saturated rings. The van der Waals surface area contributed by atoms with E-state index in [4.69, 9.17) is 11.6 Å². The summed E-state index contributed by atoms with van der Waals surface area (Å²) in [6.07, 6.45) is 1.41. The average molecular weight is 120 g/mol. The van der Waals surface area contributed by atoms with E-state index in [9.17, 15) is 4.79 Å². The predicted octanol–water partition coefficient (Wildman–Crippen LogP) is 0.950. The smallest absolute Gasteiger partial charge is 0.211 e. The Morgan fingerprint density at radius 3 is 2.71 bits per heavy atom. The van der Waals surface area contributed by atoms with Crippen LogP contribution < -0.4 is 0 Å². The van der Waals surface area contributed by atoms with Crippen LogP contribution in [0.3, 0.4) is 0 Å². The minimum absolute atomic E-state index is 0.0841. The van der Waals surface area contributed by atoms with Crippen LogP contribution in [0.2, 0.25) is 0 Å². The molecule has 0 heterocycles. The second kappa shape index (κ2) is 3.85. The fraction of sp³-hybridized carbons (Fsp3) is 0.750. The summed E-state index contributed by atoms with van der Waals surface area (Å²) in [5.74, 6) is 0.384. The van der Waals surface area contributed by atoms with Crippen LogP contribution in [0.1, 0.15) is 6.92 Å². The Hall–Kier alpha value is -0.330. The maximum absolute atomic E-state index is 9.42. The highest BCUT2D eigenvalue weighted by molar-refractivity contribution is 6.18. The molecule has 0 aliphatic carbocycles. The van der Waals surface area contributed by atoms with Crippen LogP contribution in [-0.4, -0.2) is 18.0 Å². The number of rotatable bonds is 2. The van der Waals surface area contributed by atoms with Crippen molar-refractivity contribution in [3.8, 4) is 0 Å². The molecule has 7 heavy (non-hydrogen) atoms. The summed E-state index contributed by atoms with van der Waals surface area (Å²) in [7, 11) is 0. The van der Waals surface area contributed by atoms with Gasteiger partial charge < -0.3 is 0 Å². The third-order valence-electron chi connectivity index (χ3n) is 0.496. The van der Waals surface area contributed by atoms with Gasteiger partial charge >= 0.3 is 0 Å². The van der Waals surface area contributed by atoms with E-state index in [1.807, 2.05) is 0 Å². The third-order valence-corrected chi connectivity index (χ3v) is 0.943. The SMILES string of the molecule is CC(CCl)N=C=O. The van der Waals surface area contributed by atoms with Crippen LogP contribution in [0.25, 0.3) is 0 Å². The molecule has 0 aromatic heterocycles. The first-order valence-electron chi connectivity index (χ1n) is 1.94. The molecule has 2 nitrogen and oxygen atoms in total. The van der Waals surface area contributed by atoms with Crippen molar-refractivity contribution in [1.82, 2.24) is 0 Å². The Kier molecular flexibility index (Phi) is 3.67. The first kappa shape index (κ1) is 6.67. The van der Waals surface area contributed by atoms with Crippen LogP contribution >= 0.6 is 11.6 Å². The van der Waals surface area contributed by atoms with Gasteiger partial charge in [0.05, 0.1) is 6.04 Å². The number of alkyl halides is 1. The van der Waals surface area contributed by atoms with Gasteiger partial charge in [-0.25, -0.2) is 9.79 Å². The Morgan fingerprint density at radius 1 is 2.00 bits per heavy atom. The lowest BCUT2D eigenvalue weighted by molar-refractivity contribution is 0.560. The highest BCUT2D eigenvalue weighted by atomic mass is 35.5. The molecule has 0 aromatic rings. The van der Waals surface area contributed by atoms with E-state index in [0.29, 0.717) is 5.88 Å². The molecule has 3 heteroatoms. The number of hydrogen-bond donors (Lipinski definition) is 0. The van der Waals surface area contributed by atoms with Gasteiger partial charge in [0, 0.05) is 5.88 Å². The maximum atomic E-state index is 9.42. The van der Waals surface area contributed by atoms with E-state index in [1.54, 1.807) is 6.92 Å². The zero-order valence-electron chi connectivity index (χ0n) is 4.02. The maximum Gasteiger partial charge on any atom is 0.235 e. The molecular formula is C4H6ClNO. The molecule has 0 amide bonds. The van der Waals surface area contributed by atoms with Crippen LogP contribution in [-0.2, 0) is 4.79 Å².